The third-order valence-corrected chi connectivity index (χ3v) is 9.06. The molecule has 5 rings (SSSR count). The molecule has 43 heavy (non-hydrogen) atoms. The van der Waals surface area contributed by atoms with Crippen molar-refractivity contribution in [2.24, 2.45) is 0 Å². The van der Waals surface area contributed by atoms with E-state index in [1.54, 1.807) is 19.4 Å². The first-order valence-corrected chi connectivity index (χ1v) is 17.0. The van der Waals surface area contributed by atoms with Crippen LogP contribution in [0.4, 0.5) is 26.8 Å². The van der Waals surface area contributed by atoms with Crippen LogP contribution in [0, 0.1) is 12.7 Å². The van der Waals surface area contributed by atoms with E-state index in [0.717, 1.165) is 39.1 Å². The van der Waals surface area contributed by atoms with Gasteiger partial charge in [0.05, 0.1) is 34.8 Å². The van der Waals surface area contributed by atoms with E-state index in [9.17, 15) is 8.42 Å². The van der Waals surface area contributed by atoms with E-state index in [4.69, 9.17) is 14.7 Å². The summed E-state index contributed by atoms with van der Waals surface area (Å²) in [6.07, 6.45) is 2.92. The summed E-state index contributed by atoms with van der Waals surface area (Å²) in [6.45, 7) is 7.88. The normalized spacial score (nSPS) is 14.1. The molecule has 0 amide bonds. The molecule has 10 nitrogen and oxygen atoms in total. The number of benzene rings is 2. The molecule has 4 aromatic rings. The van der Waals surface area contributed by atoms with Gasteiger partial charge < -0.3 is 20.3 Å². The van der Waals surface area contributed by atoms with E-state index in [1.807, 2.05) is 43.0 Å². The molecule has 3 heterocycles. The summed E-state index contributed by atoms with van der Waals surface area (Å²) in [5.41, 5.74) is 4.52. The van der Waals surface area contributed by atoms with Crippen LogP contribution in [0.1, 0.15) is 12.5 Å². The van der Waals surface area contributed by atoms with Crippen LogP contribution in [0.15, 0.2) is 48.7 Å². The fourth-order valence-electron chi connectivity index (χ4n) is 4.94. The minimum absolute atomic E-state index is 0.132. The summed E-state index contributed by atoms with van der Waals surface area (Å²) < 4.78 is 43.7. The summed E-state index contributed by atoms with van der Waals surface area (Å²) in [6, 6.07) is 12.8. The van der Waals surface area contributed by atoms with E-state index in [1.165, 1.54) is 23.7 Å². The zero-order valence-corrected chi connectivity index (χ0v) is 26.4. The maximum atomic E-state index is 15.3. The second kappa shape index (κ2) is 13.2. The van der Waals surface area contributed by atoms with Gasteiger partial charge in [-0.25, -0.2) is 27.8 Å². The first kappa shape index (κ1) is 30.6. The fourth-order valence-corrected chi connectivity index (χ4v) is 6.56. The van der Waals surface area contributed by atoms with Gasteiger partial charge in [-0.1, -0.05) is 11.3 Å². The lowest BCUT2D eigenvalue weighted by Crippen LogP contribution is -2.47. The van der Waals surface area contributed by atoms with Crippen LogP contribution in [0.25, 0.3) is 21.8 Å². The van der Waals surface area contributed by atoms with Gasteiger partial charge in [0.2, 0.25) is 5.95 Å². The van der Waals surface area contributed by atoms with Crippen LogP contribution in [0.3, 0.4) is 0 Å². The number of hydrogen-bond acceptors (Lipinski definition) is 11. The van der Waals surface area contributed by atoms with Crippen molar-refractivity contribution >= 4 is 43.6 Å². The summed E-state index contributed by atoms with van der Waals surface area (Å²) in [7, 11) is -1.36. The molecular weight excluding hydrogens is 590 g/mol. The highest BCUT2D eigenvalue weighted by atomic mass is 32.2. The predicted molar refractivity (Wildman–Crippen MR) is 172 cm³/mol. The van der Waals surface area contributed by atoms with E-state index in [-0.39, 0.29) is 11.6 Å². The third-order valence-electron chi connectivity index (χ3n) is 7.10. The van der Waals surface area contributed by atoms with Crippen LogP contribution >= 0.6 is 11.3 Å². The zero-order chi connectivity index (χ0) is 30.6. The molecule has 0 radical (unpaired) electrons. The lowest BCUT2D eigenvalue weighted by molar-refractivity contribution is 0.271. The zero-order valence-electron chi connectivity index (χ0n) is 24.7. The number of thiazole rings is 1. The highest BCUT2D eigenvalue weighted by Crippen LogP contribution is 2.40. The second-order valence-corrected chi connectivity index (χ2v) is 13.7. The standard InChI is InChI=1S/C30H36FN7O3S2/c1-5-32-30-36-27(21-16-20(2)17-23(18-21)41-3)28(42-30)25-8-9-33-29(35-25)34-22-6-7-26(24(31)19-22)38-12-10-37(11-13-38)14-15-43(4,39)40/h6-9,16-19H,5,10-15H2,1-4H3,(H,32,36)(H,33,34,35). The quantitative estimate of drug-likeness (QED) is 0.234. The van der Waals surface area contributed by atoms with Gasteiger partial charge in [-0.3, -0.25) is 4.90 Å². The summed E-state index contributed by atoms with van der Waals surface area (Å²) >= 11 is 1.51. The van der Waals surface area contributed by atoms with Crippen molar-refractivity contribution in [1.82, 2.24) is 19.9 Å². The molecule has 2 aromatic carbocycles. The monoisotopic (exact) mass is 625 g/mol. The van der Waals surface area contributed by atoms with E-state index in [0.29, 0.717) is 55.7 Å². The number of sulfone groups is 1. The number of nitrogens with one attached hydrogen (secondary N) is 2. The van der Waals surface area contributed by atoms with Crippen molar-refractivity contribution in [1.29, 1.82) is 0 Å². The molecule has 2 N–H and O–H groups in total. The van der Waals surface area contributed by atoms with Crippen LogP contribution in [-0.4, -0.2) is 86.7 Å². The average Bonchev–Trinajstić information content (AvgIpc) is 3.40. The van der Waals surface area contributed by atoms with Gasteiger partial charge in [0.25, 0.3) is 0 Å². The van der Waals surface area contributed by atoms with Crippen LogP contribution < -0.4 is 20.3 Å². The van der Waals surface area contributed by atoms with Crippen molar-refractivity contribution in [2.75, 3.05) is 73.9 Å². The summed E-state index contributed by atoms with van der Waals surface area (Å²) in [5, 5.41) is 7.23. The topological polar surface area (TPSA) is 113 Å². The predicted octanol–water partition coefficient (Wildman–Crippen LogP) is 5.07. The Hall–Kier alpha value is -3.81. The summed E-state index contributed by atoms with van der Waals surface area (Å²) in [4.78, 5) is 19.0. The number of methoxy groups -OCH3 is 1. The molecular formula is C30H36FN7O3S2. The number of hydrogen-bond donors (Lipinski definition) is 2. The SMILES string of the molecule is CCNc1nc(-c2cc(C)cc(OC)c2)c(-c2ccnc(Nc3ccc(N4CCN(CCS(C)(=O)=O)CC4)c(F)c3)n2)s1. The number of rotatable bonds is 11. The minimum Gasteiger partial charge on any atom is -0.497 e. The maximum Gasteiger partial charge on any atom is 0.227 e. The Morgan fingerprint density at radius 2 is 1.86 bits per heavy atom. The smallest absolute Gasteiger partial charge is 0.227 e. The van der Waals surface area contributed by atoms with Gasteiger partial charge in [-0.15, -0.1) is 0 Å². The third kappa shape index (κ3) is 7.78. The van der Waals surface area contributed by atoms with E-state index in [2.05, 4.69) is 26.6 Å². The van der Waals surface area contributed by atoms with Gasteiger partial charge in [0.1, 0.15) is 21.4 Å². The Labute approximate surface area is 255 Å². The van der Waals surface area contributed by atoms with Crippen molar-refractivity contribution in [3.63, 3.8) is 0 Å². The number of aromatic nitrogens is 3. The lowest BCUT2D eigenvalue weighted by atomic mass is 10.1. The number of nitrogens with zero attached hydrogens (tertiary/aromatic N) is 5. The highest BCUT2D eigenvalue weighted by Gasteiger charge is 2.21. The van der Waals surface area contributed by atoms with E-state index >= 15 is 4.39 Å². The molecule has 0 aliphatic carbocycles. The van der Waals surface area contributed by atoms with Crippen molar-refractivity contribution < 1.29 is 17.5 Å². The van der Waals surface area contributed by atoms with Crippen LogP contribution in [0.5, 0.6) is 5.75 Å². The molecule has 13 heteroatoms. The van der Waals surface area contributed by atoms with Gasteiger partial charge >= 0.3 is 0 Å². The first-order valence-electron chi connectivity index (χ1n) is 14.1. The molecule has 0 saturated carbocycles. The number of anilines is 4. The summed E-state index contributed by atoms with van der Waals surface area (Å²) in [5.74, 6) is 0.880. The van der Waals surface area contributed by atoms with E-state index < -0.39 is 9.84 Å². The van der Waals surface area contributed by atoms with Crippen molar-refractivity contribution in [3.05, 3.63) is 60.0 Å². The molecule has 0 atom stereocenters. The number of piperazine rings is 1. The molecule has 1 aliphatic rings. The lowest BCUT2D eigenvalue weighted by Gasteiger charge is -2.36. The van der Waals surface area contributed by atoms with Crippen LogP contribution in [-0.2, 0) is 9.84 Å². The molecule has 1 aliphatic heterocycles. The van der Waals surface area contributed by atoms with Crippen molar-refractivity contribution in [2.45, 2.75) is 13.8 Å². The molecule has 0 unspecified atom stereocenters. The Morgan fingerprint density at radius 3 is 2.56 bits per heavy atom. The Kier molecular flexibility index (Phi) is 9.43. The highest BCUT2D eigenvalue weighted by molar-refractivity contribution is 7.90. The molecule has 0 bridgehead atoms. The minimum atomic E-state index is -3.01. The number of aryl methyl sites for hydroxylation is 1. The van der Waals surface area contributed by atoms with Gasteiger partial charge in [0.15, 0.2) is 5.13 Å². The maximum absolute atomic E-state index is 15.3. The van der Waals surface area contributed by atoms with Crippen LogP contribution in [0.2, 0.25) is 0 Å². The fraction of sp³-hybridized carbons (Fsp3) is 0.367. The second-order valence-electron chi connectivity index (χ2n) is 10.5. The number of halogens is 1. The van der Waals surface area contributed by atoms with Gasteiger partial charge in [-0.2, -0.15) is 0 Å². The first-order chi connectivity index (χ1) is 20.6. The molecule has 2 aromatic heterocycles. The molecule has 1 saturated heterocycles. The Bertz CT molecular complexity index is 1690. The average molecular weight is 626 g/mol. The van der Waals surface area contributed by atoms with Gasteiger partial charge in [0, 0.05) is 63.0 Å². The Balaban J connectivity index is 1.33. The van der Waals surface area contributed by atoms with Crippen molar-refractivity contribution in [3.8, 4) is 27.6 Å². The molecule has 228 valence electrons. The molecule has 0 spiro atoms. The Morgan fingerprint density at radius 1 is 1.07 bits per heavy atom. The number of ether oxygens (including phenoxy) is 1. The molecule has 1 fully saturated rings. The van der Waals surface area contributed by atoms with Gasteiger partial charge in [-0.05, 0) is 61.9 Å². The largest absolute Gasteiger partial charge is 0.497 e.